The fourth-order valence-electron chi connectivity index (χ4n) is 2.20. The SMILES string of the molecule is CCC(CO)NC(=O)NC(C)Cc1c(C)nn(C)c1C. The van der Waals surface area contributed by atoms with Crippen LogP contribution in [0.5, 0.6) is 0 Å². The van der Waals surface area contributed by atoms with Crippen molar-refractivity contribution in [1.29, 1.82) is 0 Å². The van der Waals surface area contributed by atoms with E-state index < -0.39 is 0 Å². The molecule has 0 radical (unpaired) electrons. The molecule has 0 spiro atoms. The topological polar surface area (TPSA) is 79.2 Å². The van der Waals surface area contributed by atoms with E-state index in [1.807, 2.05) is 39.4 Å². The molecule has 1 heterocycles. The van der Waals surface area contributed by atoms with Gasteiger partial charge in [-0.05, 0) is 39.2 Å². The number of aliphatic hydroxyl groups is 1. The van der Waals surface area contributed by atoms with E-state index in [-0.39, 0.29) is 24.7 Å². The van der Waals surface area contributed by atoms with Crippen LogP contribution in [-0.4, -0.2) is 39.6 Å². The summed E-state index contributed by atoms with van der Waals surface area (Å²) in [5.41, 5.74) is 3.30. The van der Waals surface area contributed by atoms with E-state index in [4.69, 9.17) is 5.11 Å². The molecule has 0 aromatic carbocycles. The standard InChI is InChI=1S/C14H26N4O2/c1-6-12(8-19)16-14(20)15-9(2)7-13-10(3)17-18(5)11(13)4/h9,12,19H,6-8H2,1-5H3,(H2,15,16,20). The number of amides is 2. The Morgan fingerprint density at radius 3 is 2.50 bits per heavy atom. The van der Waals surface area contributed by atoms with Gasteiger partial charge in [0.05, 0.1) is 18.3 Å². The zero-order valence-electron chi connectivity index (χ0n) is 13.0. The summed E-state index contributed by atoms with van der Waals surface area (Å²) in [6.45, 7) is 7.85. The number of hydrogen-bond donors (Lipinski definition) is 3. The van der Waals surface area contributed by atoms with Crippen molar-refractivity contribution in [3.63, 3.8) is 0 Å². The Labute approximate surface area is 120 Å². The van der Waals surface area contributed by atoms with Crippen LogP contribution in [0.25, 0.3) is 0 Å². The Morgan fingerprint density at radius 1 is 1.40 bits per heavy atom. The number of aromatic nitrogens is 2. The molecule has 0 aliphatic rings. The number of urea groups is 1. The molecule has 0 aliphatic heterocycles. The maximum atomic E-state index is 11.8. The summed E-state index contributed by atoms with van der Waals surface area (Å²) in [5, 5.41) is 19.1. The first-order chi connectivity index (χ1) is 9.38. The predicted molar refractivity (Wildman–Crippen MR) is 78.7 cm³/mol. The van der Waals surface area contributed by atoms with Crippen molar-refractivity contribution in [2.24, 2.45) is 7.05 Å². The Morgan fingerprint density at radius 2 is 2.05 bits per heavy atom. The lowest BCUT2D eigenvalue weighted by Gasteiger charge is -2.18. The van der Waals surface area contributed by atoms with Crippen LogP contribution in [0.4, 0.5) is 4.79 Å². The summed E-state index contributed by atoms with van der Waals surface area (Å²) in [5.74, 6) is 0. The summed E-state index contributed by atoms with van der Waals surface area (Å²) in [6, 6.07) is -0.422. The van der Waals surface area contributed by atoms with Gasteiger partial charge in [-0.25, -0.2) is 4.79 Å². The molecule has 0 saturated carbocycles. The minimum Gasteiger partial charge on any atom is -0.394 e. The third-order valence-corrected chi connectivity index (χ3v) is 3.60. The molecular weight excluding hydrogens is 256 g/mol. The highest BCUT2D eigenvalue weighted by Gasteiger charge is 2.15. The normalized spacial score (nSPS) is 13.9. The van der Waals surface area contributed by atoms with Gasteiger partial charge in [0, 0.05) is 18.8 Å². The van der Waals surface area contributed by atoms with Gasteiger partial charge in [-0.3, -0.25) is 4.68 Å². The summed E-state index contributed by atoms with van der Waals surface area (Å²) in [6.07, 6.45) is 1.45. The molecule has 1 aromatic rings. The zero-order valence-corrected chi connectivity index (χ0v) is 13.0. The van der Waals surface area contributed by atoms with Gasteiger partial charge >= 0.3 is 6.03 Å². The van der Waals surface area contributed by atoms with Gasteiger partial charge in [-0.1, -0.05) is 6.92 Å². The lowest BCUT2D eigenvalue weighted by Crippen LogP contribution is -2.47. The fourth-order valence-corrected chi connectivity index (χ4v) is 2.20. The predicted octanol–water partition coefficient (Wildman–Crippen LogP) is 1.04. The van der Waals surface area contributed by atoms with E-state index in [0.717, 1.165) is 17.8 Å². The molecule has 2 amide bonds. The molecule has 0 bridgehead atoms. The molecule has 2 unspecified atom stereocenters. The van der Waals surface area contributed by atoms with E-state index in [0.29, 0.717) is 6.42 Å². The lowest BCUT2D eigenvalue weighted by atomic mass is 10.1. The van der Waals surface area contributed by atoms with Crippen molar-refractivity contribution in [2.45, 2.75) is 52.6 Å². The Bertz CT molecular complexity index is 452. The second kappa shape index (κ2) is 7.28. The van der Waals surface area contributed by atoms with Gasteiger partial charge < -0.3 is 15.7 Å². The number of nitrogens with one attached hydrogen (secondary N) is 2. The Hall–Kier alpha value is -1.56. The highest BCUT2D eigenvalue weighted by atomic mass is 16.3. The van der Waals surface area contributed by atoms with Crippen LogP contribution in [0.2, 0.25) is 0 Å². The average molecular weight is 282 g/mol. The van der Waals surface area contributed by atoms with Crippen molar-refractivity contribution in [1.82, 2.24) is 20.4 Å². The number of aliphatic hydroxyl groups excluding tert-OH is 1. The highest BCUT2D eigenvalue weighted by molar-refractivity contribution is 5.74. The highest BCUT2D eigenvalue weighted by Crippen LogP contribution is 2.14. The van der Waals surface area contributed by atoms with Gasteiger partial charge in [-0.15, -0.1) is 0 Å². The lowest BCUT2D eigenvalue weighted by molar-refractivity contribution is 0.212. The monoisotopic (exact) mass is 282 g/mol. The molecule has 114 valence electrons. The van der Waals surface area contributed by atoms with Crippen LogP contribution in [0, 0.1) is 13.8 Å². The van der Waals surface area contributed by atoms with Crippen LogP contribution >= 0.6 is 0 Å². The maximum Gasteiger partial charge on any atom is 0.315 e. The second-order valence-electron chi connectivity index (χ2n) is 5.28. The number of aryl methyl sites for hydroxylation is 2. The molecule has 0 aliphatic carbocycles. The number of carbonyl (C=O) groups is 1. The van der Waals surface area contributed by atoms with Crippen molar-refractivity contribution >= 4 is 6.03 Å². The quantitative estimate of drug-likeness (QED) is 0.729. The molecule has 6 heteroatoms. The van der Waals surface area contributed by atoms with Gasteiger partial charge in [0.2, 0.25) is 0 Å². The largest absolute Gasteiger partial charge is 0.394 e. The molecule has 6 nitrogen and oxygen atoms in total. The number of hydrogen-bond acceptors (Lipinski definition) is 3. The van der Waals surface area contributed by atoms with Crippen LogP contribution in [0.3, 0.4) is 0 Å². The summed E-state index contributed by atoms with van der Waals surface area (Å²) in [7, 11) is 1.92. The first kappa shape index (κ1) is 16.5. The van der Waals surface area contributed by atoms with Gasteiger partial charge in [-0.2, -0.15) is 5.10 Å². The molecule has 2 atom stereocenters. The van der Waals surface area contributed by atoms with Crippen molar-refractivity contribution in [2.75, 3.05) is 6.61 Å². The van der Waals surface area contributed by atoms with Crippen molar-refractivity contribution in [3.8, 4) is 0 Å². The molecule has 0 saturated heterocycles. The maximum absolute atomic E-state index is 11.8. The zero-order chi connectivity index (χ0) is 15.3. The first-order valence-corrected chi connectivity index (χ1v) is 7.05. The molecule has 1 rings (SSSR count). The summed E-state index contributed by atoms with van der Waals surface area (Å²) < 4.78 is 1.86. The minimum absolute atomic E-state index is 0.00722. The van der Waals surface area contributed by atoms with Crippen LogP contribution in [0.15, 0.2) is 0 Å². The van der Waals surface area contributed by atoms with Crippen LogP contribution in [0.1, 0.15) is 37.2 Å². The van der Waals surface area contributed by atoms with E-state index in [9.17, 15) is 4.79 Å². The Kier molecular flexibility index (Phi) is 6.01. The fraction of sp³-hybridized carbons (Fsp3) is 0.714. The van der Waals surface area contributed by atoms with Crippen molar-refractivity contribution in [3.05, 3.63) is 17.0 Å². The third-order valence-electron chi connectivity index (χ3n) is 3.60. The first-order valence-electron chi connectivity index (χ1n) is 7.05. The molecule has 3 N–H and O–H groups in total. The Balaban J connectivity index is 2.55. The number of rotatable bonds is 6. The van der Waals surface area contributed by atoms with E-state index in [1.54, 1.807) is 0 Å². The number of carbonyl (C=O) groups excluding carboxylic acids is 1. The van der Waals surface area contributed by atoms with Crippen molar-refractivity contribution < 1.29 is 9.90 Å². The molecule has 1 aromatic heterocycles. The average Bonchev–Trinajstić information content (AvgIpc) is 2.62. The van der Waals surface area contributed by atoms with Gasteiger partial charge in [0.1, 0.15) is 0 Å². The third kappa shape index (κ3) is 4.23. The summed E-state index contributed by atoms with van der Waals surface area (Å²) in [4.78, 5) is 11.8. The van der Waals surface area contributed by atoms with E-state index in [2.05, 4.69) is 15.7 Å². The van der Waals surface area contributed by atoms with Crippen LogP contribution < -0.4 is 10.6 Å². The smallest absolute Gasteiger partial charge is 0.315 e. The minimum atomic E-state index is -0.238. The molecule has 20 heavy (non-hydrogen) atoms. The number of nitrogens with zero attached hydrogens (tertiary/aromatic N) is 2. The van der Waals surface area contributed by atoms with E-state index in [1.165, 1.54) is 5.56 Å². The second-order valence-corrected chi connectivity index (χ2v) is 5.28. The molecular formula is C14H26N4O2. The van der Waals surface area contributed by atoms with Crippen LogP contribution in [-0.2, 0) is 13.5 Å². The van der Waals surface area contributed by atoms with Gasteiger partial charge in [0.15, 0.2) is 0 Å². The summed E-state index contributed by atoms with van der Waals surface area (Å²) >= 11 is 0. The molecule has 0 fully saturated rings. The van der Waals surface area contributed by atoms with E-state index >= 15 is 0 Å². The van der Waals surface area contributed by atoms with Gasteiger partial charge in [0.25, 0.3) is 0 Å².